The molecule has 0 N–H and O–H groups in total. The monoisotopic (exact) mass is 251 g/mol. The van der Waals surface area contributed by atoms with E-state index < -0.39 is 0 Å². The zero-order chi connectivity index (χ0) is 12.3. The van der Waals surface area contributed by atoms with E-state index in [-0.39, 0.29) is 5.91 Å². The van der Waals surface area contributed by atoms with Crippen LogP contribution in [0.3, 0.4) is 0 Å². The van der Waals surface area contributed by atoms with Gasteiger partial charge in [0.15, 0.2) is 0 Å². The van der Waals surface area contributed by atoms with E-state index >= 15 is 0 Å². The highest BCUT2D eigenvalue weighted by Gasteiger charge is 2.29. The maximum atomic E-state index is 11.9. The average Bonchev–Trinajstić information content (AvgIpc) is 2.71. The van der Waals surface area contributed by atoms with Gasteiger partial charge in [0, 0.05) is 24.7 Å². The Labute approximate surface area is 107 Å². The van der Waals surface area contributed by atoms with Crippen molar-refractivity contribution in [3.05, 3.63) is 24.3 Å². The van der Waals surface area contributed by atoms with Crippen LogP contribution < -0.4 is 9.64 Å². The lowest BCUT2D eigenvalue weighted by Crippen LogP contribution is -2.24. The van der Waals surface area contributed by atoms with Crippen molar-refractivity contribution in [1.29, 1.82) is 0 Å². The number of nitrogens with zero attached hydrogens (tertiary/aromatic N) is 1. The number of thiol groups is 1. The predicted octanol–water partition coefficient (Wildman–Crippen LogP) is 2.37. The van der Waals surface area contributed by atoms with Gasteiger partial charge in [0.05, 0.1) is 6.61 Å². The third-order valence-electron chi connectivity index (χ3n) is 2.90. The van der Waals surface area contributed by atoms with Crippen LogP contribution in [0.15, 0.2) is 24.3 Å². The van der Waals surface area contributed by atoms with Crippen molar-refractivity contribution in [2.24, 2.45) is 5.92 Å². The molecular formula is C13H17NO2S. The van der Waals surface area contributed by atoms with E-state index in [4.69, 9.17) is 4.74 Å². The maximum absolute atomic E-state index is 11.9. The Hall–Kier alpha value is -1.16. The Morgan fingerprint density at radius 1 is 1.53 bits per heavy atom. The summed E-state index contributed by atoms with van der Waals surface area (Å²) in [4.78, 5) is 13.7. The molecule has 1 unspecified atom stereocenters. The van der Waals surface area contributed by atoms with E-state index in [1.807, 2.05) is 36.1 Å². The molecule has 0 aliphatic carbocycles. The number of benzene rings is 1. The molecule has 1 aliphatic rings. The van der Waals surface area contributed by atoms with Crippen molar-refractivity contribution in [3.63, 3.8) is 0 Å². The summed E-state index contributed by atoms with van der Waals surface area (Å²) in [6.07, 6.45) is 0.600. The Morgan fingerprint density at radius 3 is 3.00 bits per heavy atom. The molecule has 0 aromatic heterocycles. The van der Waals surface area contributed by atoms with Crippen LogP contribution in [0, 0.1) is 5.92 Å². The maximum Gasteiger partial charge on any atom is 0.227 e. The van der Waals surface area contributed by atoms with Crippen molar-refractivity contribution in [2.45, 2.75) is 13.3 Å². The van der Waals surface area contributed by atoms with E-state index in [1.165, 1.54) is 0 Å². The van der Waals surface area contributed by atoms with Crippen molar-refractivity contribution in [2.75, 3.05) is 23.8 Å². The van der Waals surface area contributed by atoms with E-state index in [0.717, 1.165) is 23.7 Å². The summed E-state index contributed by atoms with van der Waals surface area (Å²) in [5.41, 5.74) is 0.922. The van der Waals surface area contributed by atoms with Gasteiger partial charge >= 0.3 is 0 Å². The van der Waals surface area contributed by atoms with Crippen LogP contribution >= 0.6 is 12.6 Å². The normalized spacial score (nSPS) is 19.8. The first-order valence-electron chi connectivity index (χ1n) is 5.88. The largest absolute Gasteiger partial charge is 0.494 e. The number of hydrogen-bond acceptors (Lipinski definition) is 3. The average molecular weight is 251 g/mol. The molecule has 1 heterocycles. The molecular weight excluding hydrogens is 234 g/mol. The molecule has 1 fully saturated rings. The summed E-state index contributed by atoms with van der Waals surface area (Å²) in [5.74, 6) is 2.11. The first-order chi connectivity index (χ1) is 8.24. The summed E-state index contributed by atoms with van der Waals surface area (Å²) >= 11 is 4.26. The summed E-state index contributed by atoms with van der Waals surface area (Å²) in [5, 5.41) is 0. The Balaban J connectivity index is 2.16. The number of amides is 1. The Morgan fingerprint density at radius 2 is 2.35 bits per heavy atom. The molecule has 3 nitrogen and oxygen atoms in total. The van der Waals surface area contributed by atoms with Gasteiger partial charge < -0.3 is 9.64 Å². The number of hydrogen-bond donors (Lipinski definition) is 1. The molecule has 17 heavy (non-hydrogen) atoms. The number of ether oxygens (including phenoxy) is 1. The molecule has 0 saturated carbocycles. The standard InChI is InChI=1S/C13H17NO2S/c1-2-16-12-5-3-4-11(7-12)14-8-10(9-17)6-13(14)15/h3-5,7,10,17H,2,6,8-9H2,1H3. The van der Waals surface area contributed by atoms with Gasteiger partial charge in [-0.05, 0) is 30.7 Å². The van der Waals surface area contributed by atoms with Gasteiger partial charge in [-0.3, -0.25) is 4.79 Å². The fourth-order valence-corrected chi connectivity index (χ4v) is 2.31. The highest BCUT2D eigenvalue weighted by Crippen LogP contribution is 2.28. The highest BCUT2D eigenvalue weighted by molar-refractivity contribution is 7.80. The molecule has 92 valence electrons. The third-order valence-corrected chi connectivity index (χ3v) is 3.42. The van der Waals surface area contributed by atoms with Gasteiger partial charge in [0.2, 0.25) is 5.91 Å². The van der Waals surface area contributed by atoms with Crippen LogP contribution in [0.5, 0.6) is 5.75 Å². The molecule has 1 saturated heterocycles. The van der Waals surface area contributed by atoms with Gasteiger partial charge in [-0.2, -0.15) is 12.6 Å². The van der Waals surface area contributed by atoms with Gasteiger partial charge in [0.1, 0.15) is 5.75 Å². The Kier molecular flexibility index (Phi) is 3.94. The molecule has 0 spiro atoms. The van der Waals surface area contributed by atoms with Crippen molar-refractivity contribution in [1.82, 2.24) is 0 Å². The van der Waals surface area contributed by atoms with Gasteiger partial charge in [-0.15, -0.1) is 0 Å². The lowest BCUT2D eigenvalue weighted by molar-refractivity contribution is -0.117. The number of rotatable bonds is 4. The molecule has 0 radical (unpaired) electrons. The second kappa shape index (κ2) is 5.45. The van der Waals surface area contributed by atoms with Crippen LogP contribution in [-0.4, -0.2) is 24.8 Å². The van der Waals surface area contributed by atoms with Gasteiger partial charge in [-0.25, -0.2) is 0 Å². The molecule has 1 aromatic carbocycles. The van der Waals surface area contributed by atoms with Gasteiger partial charge in [-0.1, -0.05) is 6.07 Å². The van der Waals surface area contributed by atoms with Gasteiger partial charge in [0.25, 0.3) is 0 Å². The molecule has 1 aliphatic heterocycles. The fourth-order valence-electron chi connectivity index (χ4n) is 2.06. The van der Waals surface area contributed by atoms with E-state index in [9.17, 15) is 4.79 Å². The van der Waals surface area contributed by atoms with Crippen LogP contribution in [0.2, 0.25) is 0 Å². The van der Waals surface area contributed by atoms with Crippen molar-refractivity contribution < 1.29 is 9.53 Å². The minimum atomic E-state index is 0.178. The van der Waals surface area contributed by atoms with E-state index in [2.05, 4.69) is 12.6 Å². The minimum Gasteiger partial charge on any atom is -0.494 e. The number of carbonyl (C=O) groups excluding carboxylic acids is 1. The summed E-state index contributed by atoms with van der Waals surface area (Å²) in [6.45, 7) is 3.35. The smallest absolute Gasteiger partial charge is 0.227 e. The fraction of sp³-hybridized carbons (Fsp3) is 0.462. The highest BCUT2D eigenvalue weighted by atomic mass is 32.1. The molecule has 1 amide bonds. The molecule has 1 atom stereocenters. The van der Waals surface area contributed by atoms with Crippen LogP contribution in [0.1, 0.15) is 13.3 Å². The molecule has 2 rings (SSSR count). The topological polar surface area (TPSA) is 29.5 Å². The third kappa shape index (κ3) is 2.75. The lowest BCUT2D eigenvalue weighted by atomic mass is 10.1. The quantitative estimate of drug-likeness (QED) is 0.833. The lowest BCUT2D eigenvalue weighted by Gasteiger charge is -2.17. The van der Waals surface area contributed by atoms with E-state index in [1.54, 1.807) is 0 Å². The molecule has 4 heteroatoms. The first-order valence-corrected chi connectivity index (χ1v) is 6.52. The minimum absolute atomic E-state index is 0.178. The second-order valence-corrected chi connectivity index (χ2v) is 4.55. The zero-order valence-corrected chi connectivity index (χ0v) is 10.8. The number of anilines is 1. The molecule has 1 aromatic rings. The predicted molar refractivity (Wildman–Crippen MR) is 71.9 cm³/mol. The molecule has 0 bridgehead atoms. The summed E-state index contributed by atoms with van der Waals surface area (Å²) in [7, 11) is 0. The summed E-state index contributed by atoms with van der Waals surface area (Å²) in [6, 6.07) is 7.69. The SMILES string of the molecule is CCOc1cccc(N2CC(CS)CC2=O)c1. The van der Waals surface area contributed by atoms with Crippen LogP contribution in [0.4, 0.5) is 5.69 Å². The van der Waals surface area contributed by atoms with Crippen molar-refractivity contribution in [3.8, 4) is 5.75 Å². The zero-order valence-electron chi connectivity index (χ0n) is 9.93. The van der Waals surface area contributed by atoms with Crippen LogP contribution in [-0.2, 0) is 4.79 Å². The summed E-state index contributed by atoms with van der Waals surface area (Å²) < 4.78 is 5.44. The first kappa shape index (κ1) is 12.3. The Bertz CT molecular complexity index is 408. The van der Waals surface area contributed by atoms with Crippen molar-refractivity contribution >= 4 is 24.2 Å². The van der Waals surface area contributed by atoms with Crippen LogP contribution in [0.25, 0.3) is 0 Å². The number of carbonyl (C=O) groups is 1. The second-order valence-electron chi connectivity index (χ2n) is 4.19. The van der Waals surface area contributed by atoms with E-state index in [0.29, 0.717) is 18.9 Å².